The van der Waals surface area contributed by atoms with Crippen LogP contribution >= 0.6 is 0 Å². The predicted molar refractivity (Wildman–Crippen MR) is 121 cm³/mol. The van der Waals surface area contributed by atoms with Gasteiger partial charge in [-0.05, 0) is 59.9 Å². The lowest BCUT2D eigenvalue weighted by atomic mass is 9.83. The molecule has 3 aromatic carbocycles. The highest BCUT2D eigenvalue weighted by Gasteiger charge is 2.35. The van der Waals surface area contributed by atoms with Gasteiger partial charge in [-0.15, -0.1) is 0 Å². The molecule has 7 heteroatoms. The molecule has 3 aromatic rings. The first-order valence-corrected chi connectivity index (χ1v) is 12.0. The molecule has 0 saturated heterocycles. The summed E-state index contributed by atoms with van der Waals surface area (Å²) in [7, 11) is -0.763. The van der Waals surface area contributed by atoms with E-state index in [0.717, 1.165) is 36.3 Å². The minimum Gasteiger partial charge on any atom is -0.497 e. The average molecular weight is 452 g/mol. The van der Waals surface area contributed by atoms with E-state index in [4.69, 9.17) is 13.7 Å². The molecule has 0 aliphatic carbocycles. The van der Waals surface area contributed by atoms with Gasteiger partial charge < -0.3 is 13.7 Å². The first-order valence-electron chi connectivity index (χ1n) is 10.6. The van der Waals surface area contributed by atoms with Crippen LogP contribution in [0.25, 0.3) is 0 Å². The second-order valence-corrected chi connectivity index (χ2v) is 9.64. The van der Waals surface area contributed by atoms with Gasteiger partial charge in [0.25, 0.3) is 0 Å². The summed E-state index contributed by atoms with van der Waals surface area (Å²) >= 11 is 0. The predicted octanol–water partition coefficient (Wildman–Crippen LogP) is 4.13. The van der Waals surface area contributed by atoms with Gasteiger partial charge >= 0.3 is 10.1 Å². The number of nitrogens with zero attached hydrogens (tertiary/aromatic N) is 1. The van der Waals surface area contributed by atoms with Gasteiger partial charge in [0, 0.05) is 24.7 Å². The maximum Gasteiger partial charge on any atom is 0.339 e. The molecule has 0 spiro atoms. The number of rotatable bonds is 5. The minimum atomic E-state index is -3.98. The summed E-state index contributed by atoms with van der Waals surface area (Å²) < 4.78 is 42.5. The van der Waals surface area contributed by atoms with Crippen LogP contribution in [0.1, 0.15) is 28.3 Å². The lowest BCUT2D eigenvalue weighted by Crippen LogP contribution is -2.39. The molecule has 0 unspecified atom stereocenters. The highest BCUT2D eigenvalue weighted by atomic mass is 32.2. The molecule has 6 nitrogen and oxygen atoms in total. The Balaban J connectivity index is 1.53. The molecule has 5 rings (SSSR count). The topological polar surface area (TPSA) is 65.1 Å². The first-order chi connectivity index (χ1) is 15.5. The van der Waals surface area contributed by atoms with Crippen molar-refractivity contribution in [2.75, 3.05) is 20.8 Å². The van der Waals surface area contributed by atoms with Gasteiger partial charge in [-0.2, -0.15) is 8.42 Å². The zero-order chi connectivity index (χ0) is 22.3. The molecular formula is C25H25NO5S. The van der Waals surface area contributed by atoms with Crippen molar-refractivity contribution in [2.45, 2.75) is 30.3 Å². The first kappa shape index (κ1) is 20.8. The van der Waals surface area contributed by atoms with E-state index < -0.39 is 10.1 Å². The van der Waals surface area contributed by atoms with Crippen LogP contribution in [-0.2, 0) is 29.5 Å². The van der Waals surface area contributed by atoms with Gasteiger partial charge in [0.2, 0.25) is 0 Å². The number of methoxy groups -OCH3 is 2. The fourth-order valence-electron chi connectivity index (χ4n) is 4.72. The second-order valence-electron chi connectivity index (χ2n) is 8.09. The van der Waals surface area contributed by atoms with Crippen LogP contribution in [0.5, 0.6) is 17.2 Å². The lowest BCUT2D eigenvalue weighted by Gasteiger charge is -2.42. The summed E-state index contributed by atoms with van der Waals surface area (Å²) in [6, 6.07) is 18.5. The van der Waals surface area contributed by atoms with Crippen LogP contribution in [-0.4, -0.2) is 34.1 Å². The molecule has 1 atom stereocenters. The summed E-state index contributed by atoms with van der Waals surface area (Å²) in [6.07, 6.45) is 1.70. The molecule has 0 saturated carbocycles. The average Bonchev–Trinajstić information content (AvgIpc) is 2.83. The maximum atomic E-state index is 13.0. The zero-order valence-corrected chi connectivity index (χ0v) is 18.9. The van der Waals surface area contributed by atoms with E-state index in [0.29, 0.717) is 12.3 Å². The monoisotopic (exact) mass is 451 g/mol. The fraction of sp³-hybridized carbons (Fsp3) is 0.280. The SMILES string of the molecule is COc1ccc2c(c1)CCN1Cc3c(ccc(OC)c3OS(=O)(=O)c3ccccc3)C[C@H]21. The van der Waals surface area contributed by atoms with Crippen LogP contribution in [0.4, 0.5) is 0 Å². The quantitative estimate of drug-likeness (QED) is 0.544. The van der Waals surface area contributed by atoms with Gasteiger partial charge in [0.05, 0.1) is 14.2 Å². The third-order valence-electron chi connectivity index (χ3n) is 6.36. The van der Waals surface area contributed by atoms with Gasteiger partial charge in [-0.3, -0.25) is 4.90 Å². The highest BCUT2D eigenvalue weighted by Crippen LogP contribution is 2.45. The third-order valence-corrected chi connectivity index (χ3v) is 7.59. The standard InChI is InChI=1S/C25H25NO5S/c1-29-19-9-10-21-18(14-19)12-13-26-16-22-17(15-23(21)26)8-11-24(30-2)25(22)31-32(27,28)20-6-4-3-5-7-20/h3-11,14,23H,12-13,15-16H2,1-2H3/t23-/m1/s1. The Hall–Kier alpha value is -3.03. The molecule has 0 bridgehead atoms. The Kier molecular flexibility index (Phi) is 5.31. The Morgan fingerprint density at radius 3 is 2.50 bits per heavy atom. The lowest BCUT2D eigenvalue weighted by molar-refractivity contribution is 0.159. The van der Waals surface area contributed by atoms with Crippen LogP contribution in [0.2, 0.25) is 0 Å². The van der Waals surface area contributed by atoms with Crippen LogP contribution in [0.3, 0.4) is 0 Å². The largest absolute Gasteiger partial charge is 0.497 e. The van der Waals surface area contributed by atoms with E-state index in [-0.39, 0.29) is 16.7 Å². The van der Waals surface area contributed by atoms with E-state index in [2.05, 4.69) is 17.0 Å². The van der Waals surface area contributed by atoms with Crippen molar-refractivity contribution >= 4 is 10.1 Å². The summed E-state index contributed by atoms with van der Waals surface area (Å²) in [5.41, 5.74) is 4.56. The summed E-state index contributed by atoms with van der Waals surface area (Å²) in [4.78, 5) is 2.51. The molecule has 0 amide bonds. The van der Waals surface area contributed by atoms with Gasteiger partial charge in [-0.1, -0.05) is 30.3 Å². The number of ether oxygens (including phenoxy) is 2. The maximum absolute atomic E-state index is 13.0. The Morgan fingerprint density at radius 1 is 0.938 bits per heavy atom. The van der Waals surface area contributed by atoms with E-state index in [9.17, 15) is 8.42 Å². The minimum absolute atomic E-state index is 0.120. The Labute approximate surface area is 188 Å². The van der Waals surface area contributed by atoms with Gasteiger partial charge in [0.1, 0.15) is 10.6 Å². The summed E-state index contributed by atoms with van der Waals surface area (Å²) in [5, 5.41) is 0. The van der Waals surface area contributed by atoms with Crippen molar-refractivity contribution in [3.05, 3.63) is 82.9 Å². The molecule has 0 aromatic heterocycles. The van der Waals surface area contributed by atoms with Crippen molar-refractivity contribution in [3.63, 3.8) is 0 Å². The Morgan fingerprint density at radius 2 is 1.75 bits per heavy atom. The van der Waals surface area contributed by atoms with Crippen LogP contribution in [0.15, 0.2) is 65.6 Å². The smallest absolute Gasteiger partial charge is 0.339 e. The van der Waals surface area contributed by atoms with Crippen molar-refractivity contribution < 1.29 is 22.1 Å². The van der Waals surface area contributed by atoms with E-state index in [1.165, 1.54) is 30.4 Å². The molecular weight excluding hydrogens is 426 g/mol. The highest BCUT2D eigenvalue weighted by molar-refractivity contribution is 7.87. The number of hydrogen-bond donors (Lipinski definition) is 0. The van der Waals surface area contributed by atoms with Gasteiger partial charge in [0.15, 0.2) is 11.5 Å². The Bertz CT molecular complexity index is 1260. The third kappa shape index (κ3) is 3.61. The molecule has 2 heterocycles. The zero-order valence-electron chi connectivity index (χ0n) is 18.1. The molecule has 166 valence electrons. The van der Waals surface area contributed by atoms with Crippen molar-refractivity contribution in [3.8, 4) is 17.2 Å². The van der Waals surface area contributed by atoms with Crippen LogP contribution < -0.4 is 13.7 Å². The number of benzene rings is 3. The van der Waals surface area contributed by atoms with Crippen LogP contribution in [0, 0.1) is 0 Å². The summed E-state index contributed by atoms with van der Waals surface area (Å²) in [5.74, 6) is 1.58. The second kappa shape index (κ2) is 8.15. The van der Waals surface area contributed by atoms with Gasteiger partial charge in [-0.25, -0.2) is 0 Å². The van der Waals surface area contributed by atoms with E-state index in [1.807, 2.05) is 12.1 Å². The fourth-order valence-corrected chi connectivity index (χ4v) is 5.70. The normalized spacial score (nSPS) is 17.6. The molecule has 0 radical (unpaired) electrons. The molecule has 2 aliphatic heterocycles. The molecule has 2 aliphatic rings. The van der Waals surface area contributed by atoms with Crippen molar-refractivity contribution in [2.24, 2.45) is 0 Å². The molecule has 0 N–H and O–H groups in total. The number of fused-ring (bicyclic) bond motifs is 4. The molecule has 0 fully saturated rings. The van der Waals surface area contributed by atoms with Crippen molar-refractivity contribution in [1.82, 2.24) is 4.90 Å². The van der Waals surface area contributed by atoms with Crippen molar-refractivity contribution in [1.29, 1.82) is 0 Å². The molecule has 32 heavy (non-hydrogen) atoms. The van der Waals surface area contributed by atoms with E-state index >= 15 is 0 Å². The summed E-state index contributed by atoms with van der Waals surface area (Å²) in [6.45, 7) is 1.48. The number of hydrogen-bond acceptors (Lipinski definition) is 6. The van der Waals surface area contributed by atoms with E-state index in [1.54, 1.807) is 31.4 Å².